The van der Waals surface area contributed by atoms with Crippen molar-refractivity contribution in [1.82, 2.24) is 10.2 Å². The maximum atomic E-state index is 12.5. The van der Waals surface area contributed by atoms with Gasteiger partial charge in [0.2, 0.25) is 5.91 Å². The molecule has 7 heteroatoms. The van der Waals surface area contributed by atoms with Crippen LogP contribution < -0.4 is 5.32 Å². The van der Waals surface area contributed by atoms with Crippen LogP contribution in [0, 0.1) is 5.92 Å². The van der Waals surface area contributed by atoms with Gasteiger partial charge < -0.3 is 15.1 Å². The molecule has 0 radical (unpaired) electrons. The Morgan fingerprint density at radius 2 is 1.76 bits per heavy atom. The van der Waals surface area contributed by atoms with Gasteiger partial charge in [-0.15, -0.1) is 0 Å². The number of hydrogen-bond acceptors (Lipinski definition) is 4. The summed E-state index contributed by atoms with van der Waals surface area (Å²) in [5, 5.41) is 21.6. The molecule has 1 heterocycles. The van der Waals surface area contributed by atoms with E-state index in [-0.39, 0.29) is 5.91 Å². The number of amides is 1. The Morgan fingerprint density at radius 1 is 1.08 bits per heavy atom. The molecule has 0 spiro atoms. The van der Waals surface area contributed by atoms with Crippen molar-refractivity contribution in [1.29, 1.82) is 0 Å². The Kier molecular flexibility index (Phi) is 7.23. The lowest BCUT2D eigenvalue weighted by atomic mass is 9.85. The zero-order valence-electron chi connectivity index (χ0n) is 14.9. The Hall–Kier alpha value is -1.63. The molecule has 142 valence electrons. The van der Waals surface area contributed by atoms with Gasteiger partial charge >= 0.3 is 11.9 Å². The van der Waals surface area contributed by atoms with Crippen molar-refractivity contribution in [2.75, 3.05) is 6.54 Å². The summed E-state index contributed by atoms with van der Waals surface area (Å²) in [7, 11) is 0. The smallest absolute Gasteiger partial charge is 0.326 e. The average molecular weight is 354 g/mol. The molecule has 1 aliphatic carbocycles. The zero-order valence-corrected chi connectivity index (χ0v) is 14.9. The highest BCUT2D eigenvalue weighted by atomic mass is 16.4. The van der Waals surface area contributed by atoms with E-state index in [9.17, 15) is 24.6 Å². The molecule has 1 saturated carbocycles. The third-order valence-corrected chi connectivity index (χ3v) is 5.53. The van der Waals surface area contributed by atoms with E-state index in [2.05, 4.69) is 5.32 Å². The van der Waals surface area contributed by atoms with E-state index in [1.807, 2.05) is 0 Å². The summed E-state index contributed by atoms with van der Waals surface area (Å²) >= 11 is 0. The van der Waals surface area contributed by atoms with E-state index >= 15 is 0 Å². The van der Waals surface area contributed by atoms with Crippen LogP contribution in [0.1, 0.15) is 64.7 Å². The molecule has 3 unspecified atom stereocenters. The van der Waals surface area contributed by atoms with Gasteiger partial charge in [-0.1, -0.05) is 32.1 Å². The Bertz CT molecular complexity index is 490. The molecule has 3 N–H and O–H groups in total. The van der Waals surface area contributed by atoms with Crippen LogP contribution in [0.4, 0.5) is 0 Å². The van der Waals surface area contributed by atoms with E-state index in [0.717, 1.165) is 19.3 Å². The van der Waals surface area contributed by atoms with Gasteiger partial charge in [0.05, 0.1) is 6.04 Å². The maximum Gasteiger partial charge on any atom is 0.326 e. The summed E-state index contributed by atoms with van der Waals surface area (Å²) in [6.07, 6.45) is 8.50. The first-order chi connectivity index (χ1) is 11.9. The van der Waals surface area contributed by atoms with Crippen LogP contribution in [0.2, 0.25) is 0 Å². The van der Waals surface area contributed by atoms with Crippen LogP contribution in [0.25, 0.3) is 0 Å². The van der Waals surface area contributed by atoms with Crippen LogP contribution in [0.3, 0.4) is 0 Å². The molecule has 0 aromatic rings. The van der Waals surface area contributed by atoms with Crippen molar-refractivity contribution in [3.63, 3.8) is 0 Å². The highest BCUT2D eigenvalue weighted by molar-refractivity contribution is 5.88. The quantitative estimate of drug-likeness (QED) is 0.614. The zero-order chi connectivity index (χ0) is 18.4. The normalized spacial score (nSPS) is 24.0. The number of rotatable bonds is 8. The van der Waals surface area contributed by atoms with Gasteiger partial charge in [-0.2, -0.15) is 0 Å². The third kappa shape index (κ3) is 5.42. The van der Waals surface area contributed by atoms with Crippen LogP contribution in [-0.4, -0.2) is 57.6 Å². The van der Waals surface area contributed by atoms with Crippen LogP contribution in [-0.2, 0) is 14.4 Å². The van der Waals surface area contributed by atoms with Crippen LogP contribution in [0.5, 0.6) is 0 Å². The molecule has 2 rings (SSSR count). The van der Waals surface area contributed by atoms with Crippen LogP contribution >= 0.6 is 0 Å². The van der Waals surface area contributed by atoms with Crippen LogP contribution in [0.15, 0.2) is 0 Å². The van der Waals surface area contributed by atoms with Gasteiger partial charge in [-0.25, -0.2) is 4.79 Å². The van der Waals surface area contributed by atoms with Crippen molar-refractivity contribution in [2.45, 2.75) is 82.8 Å². The molecule has 0 aromatic heterocycles. The number of aliphatic carboxylic acids is 2. The number of carbonyl (C=O) groups is 3. The van der Waals surface area contributed by atoms with E-state index in [1.165, 1.54) is 24.2 Å². The lowest BCUT2D eigenvalue weighted by molar-refractivity contribution is -0.149. The molecule has 2 aliphatic rings. The van der Waals surface area contributed by atoms with Gasteiger partial charge in [-0.05, 0) is 38.5 Å². The predicted octanol–water partition coefficient (Wildman–Crippen LogP) is 1.85. The molecule has 1 saturated heterocycles. The molecule has 1 amide bonds. The summed E-state index contributed by atoms with van der Waals surface area (Å²) in [6, 6.07) is -2.26. The molecule has 7 nitrogen and oxygen atoms in total. The fourth-order valence-corrected chi connectivity index (χ4v) is 4.07. The first kappa shape index (κ1) is 19.7. The Morgan fingerprint density at radius 3 is 2.36 bits per heavy atom. The van der Waals surface area contributed by atoms with Gasteiger partial charge in [-0.3, -0.25) is 14.9 Å². The van der Waals surface area contributed by atoms with E-state index < -0.39 is 30.1 Å². The minimum absolute atomic E-state index is 0.325. The number of carbonyl (C=O) groups excluding carboxylic acids is 1. The number of likely N-dealkylation sites (tertiary alicyclic amines) is 1. The van der Waals surface area contributed by atoms with Gasteiger partial charge in [0.15, 0.2) is 0 Å². The molecule has 0 aromatic carbocycles. The number of hydrogen-bond donors (Lipinski definition) is 3. The lowest BCUT2D eigenvalue weighted by Crippen LogP contribution is -2.53. The van der Waals surface area contributed by atoms with Crippen molar-refractivity contribution in [3.8, 4) is 0 Å². The number of nitrogens with zero attached hydrogens (tertiary/aromatic N) is 1. The van der Waals surface area contributed by atoms with Gasteiger partial charge in [0, 0.05) is 6.54 Å². The Labute approximate surface area is 148 Å². The van der Waals surface area contributed by atoms with E-state index in [4.69, 9.17) is 0 Å². The monoisotopic (exact) mass is 354 g/mol. The molecular formula is C18H30N2O5. The van der Waals surface area contributed by atoms with Gasteiger partial charge in [0.1, 0.15) is 12.1 Å². The summed E-state index contributed by atoms with van der Waals surface area (Å²) in [5.74, 6) is -1.69. The minimum Gasteiger partial charge on any atom is -0.480 e. The molecule has 25 heavy (non-hydrogen) atoms. The minimum atomic E-state index is -0.995. The van der Waals surface area contributed by atoms with E-state index in [0.29, 0.717) is 31.7 Å². The highest BCUT2D eigenvalue weighted by Crippen LogP contribution is 2.28. The highest BCUT2D eigenvalue weighted by Gasteiger charge is 2.36. The average Bonchev–Trinajstić information content (AvgIpc) is 3.08. The second-order valence-corrected chi connectivity index (χ2v) is 7.39. The largest absolute Gasteiger partial charge is 0.480 e. The molecular weight excluding hydrogens is 324 g/mol. The molecule has 1 aliphatic heterocycles. The number of nitrogens with one attached hydrogen (secondary N) is 1. The molecule has 0 bridgehead atoms. The molecule has 3 atom stereocenters. The van der Waals surface area contributed by atoms with Crippen molar-refractivity contribution < 1.29 is 24.6 Å². The standard InChI is InChI=1S/C18H30N2O5/c1-12(16(21)20-11-5-8-15(20)18(24)25)19-14(17(22)23)10-9-13-6-3-2-4-7-13/h12-15,19H,2-11H2,1H3,(H,22,23)(H,24,25). The summed E-state index contributed by atoms with van der Waals surface area (Å²) in [6.45, 7) is 2.04. The summed E-state index contributed by atoms with van der Waals surface area (Å²) in [4.78, 5) is 36.7. The summed E-state index contributed by atoms with van der Waals surface area (Å²) < 4.78 is 0. The maximum absolute atomic E-state index is 12.5. The second kappa shape index (κ2) is 9.17. The first-order valence-electron chi connectivity index (χ1n) is 9.42. The fourth-order valence-electron chi connectivity index (χ4n) is 4.07. The van der Waals surface area contributed by atoms with E-state index in [1.54, 1.807) is 6.92 Å². The predicted molar refractivity (Wildman–Crippen MR) is 92.2 cm³/mol. The van der Waals surface area contributed by atoms with Crippen molar-refractivity contribution in [3.05, 3.63) is 0 Å². The second-order valence-electron chi connectivity index (χ2n) is 7.39. The lowest BCUT2D eigenvalue weighted by Gasteiger charge is -2.28. The van der Waals surface area contributed by atoms with Gasteiger partial charge in [0.25, 0.3) is 0 Å². The molecule has 2 fully saturated rings. The van der Waals surface area contributed by atoms with Crippen molar-refractivity contribution in [2.24, 2.45) is 5.92 Å². The Balaban J connectivity index is 1.88. The summed E-state index contributed by atoms with van der Waals surface area (Å²) in [5.41, 5.74) is 0. The third-order valence-electron chi connectivity index (χ3n) is 5.53. The first-order valence-corrected chi connectivity index (χ1v) is 9.42. The number of carboxylic acid groups (broad SMARTS) is 2. The topological polar surface area (TPSA) is 107 Å². The van der Waals surface area contributed by atoms with Crippen molar-refractivity contribution >= 4 is 17.8 Å². The SMILES string of the molecule is CC(NC(CCC1CCCCC1)C(=O)O)C(=O)N1CCCC1C(=O)O. The number of carboxylic acids is 2. The fraction of sp³-hybridized carbons (Fsp3) is 0.833.